The molecule has 1 heterocycles. The van der Waals surface area contributed by atoms with Crippen molar-refractivity contribution in [2.45, 2.75) is 38.5 Å². The molecule has 4 nitrogen and oxygen atoms in total. The van der Waals surface area contributed by atoms with Crippen LogP contribution in [-0.2, 0) is 9.59 Å². The van der Waals surface area contributed by atoms with E-state index in [1.54, 1.807) is 16.7 Å². The van der Waals surface area contributed by atoms with E-state index in [1.807, 2.05) is 6.26 Å². The third-order valence-corrected chi connectivity index (χ3v) is 4.89. The fraction of sp³-hybridized carbons (Fsp3) is 0.857. The summed E-state index contributed by atoms with van der Waals surface area (Å²) in [7, 11) is 0. The van der Waals surface area contributed by atoms with Crippen molar-refractivity contribution in [2.75, 3.05) is 25.1 Å². The summed E-state index contributed by atoms with van der Waals surface area (Å²) in [5.74, 6) is 0.812. The van der Waals surface area contributed by atoms with Gasteiger partial charge in [-0.3, -0.25) is 9.59 Å². The number of carbonyl (C=O) groups is 2. The Morgan fingerprint density at radius 1 is 1.42 bits per heavy atom. The van der Waals surface area contributed by atoms with E-state index in [2.05, 4.69) is 0 Å². The number of likely N-dealkylation sites (tertiary alicyclic amines) is 1. The smallest absolute Gasteiger partial charge is 0.311 e. The van der Waals surface area contributed by atoms with Crippen LogP contribution in [0.2, 0.25) is 0 Å². The number of hydrogen-bond acceptors (Lipinski definition) is 3. The van der Waals surface area contributed by atoms with Gasteiger partial charge in [-0.05, 0) is 31.4 Å². The van der Waals surface area contributed by atoms with Gasteiger partial charge in [-0.1, -0.05) is 12.8 Å². The van der Waals surface area contributed by atoms with E-state index in [4.69, 9.17) is 0 Å². The fourth-order valence-electron chi connectivity index (χ4n) is 3.00. The molecule has 1 aliphatic heterocycles. The minimum absolute atomic E-state index is 0.121. The molecule has 2 rings (SSSR count). The van der Waals surface area contributed by atoms with Gasteiger partial charge in [0.2, 0.25) is 5.91 Å². The molecule has 5 heteroatoms. The summed E-state index contributed by atoms with van der Waals surface area (Å²) in [6.45, 7) is 1.15. The van der Waals surface area contributed by atoms with Crippen LogP contribution in [0.25, 0.3) is 0 Å². The second kappa shape index (κ2) is 6.16. The highest BCUT2D eigenvalue weighted by molar-refractivity contribution is 7.98. The number of rotatable bonds is 6. The van der Waals surface area contributed by atoms with Crippen molar-refractivity contribution in [3.8, 4) is 0 Å². The normalized spacial score (nSPS) is 27.3. The van der Waals surface area contributed by atoms with Gasteiger partial charge in [-0.15, -0.1) is 0 Å². The first kappa shape index (κ1) is 14.7. The second-order valence-electron chi connectivity index (χ2n) is 5.89. The highest BCUT2D eigenvalue weighted by atomic mass is 32.2. The number of carboxylic acids is 1. The molecule has 1 amide bonds. The van der Waals surface area contributed by atoms with E-state index in [1.165, 1.54) is 0 Å². The van der Waals surface area contributed by atoms with Gasteiger partial charge in [0.15, 0.2) is 0 Å². The number of carbonyl (C=O) groups excluding carboxylic acids is 1. The predicted octanol–water partition coefficient (Wildman–Crippen LogP) is 2.23. The van der Waals surface area contributed by atoms with Crippen molar-refractivity contribution in [3.05, 3.63) is 0 Å². The molecule has 1 atom stereocenters. The molecule has 108 valence electrons. The number of aliphatic carboxylic acids is 1. The molecule has 0 aromatic carbocycles. The molecular weight excluding hydrogens is 262 g/mol. The zero-order chi connectivity index (χ0) is 13.9. The third-order valence-electron chi connectivity index (χ3n) is 4.28. The second-order valence-corrected chi connectivity index (χ2v) is 6.88. The Morgan fingerprint density at radius 3 is 2.74 bits per heavy atom. The standard InChI is InChI=1S/C14H23NO3S/c1-19-8-5-12(16)15-7-2-6-14(10-15,13(17)18)9-11-3-4-11/h11H,2-10H2,1H3,(H,17,18)/t14-/m1/s1. The zero-order valence-electron chi connectivity index (χ0n) is 11.6. The van der Waals surface area contributed by atoms with Crippen LogP contribution >= 0.6 is 11.8 Å². The molecular formula is C14H23NO3S. The van der Waals surface area contributed by atoms with Gasteiger partial charge in [0.25, 0.3) is 0 Å². The molecule has 19 heavy (non-hydrogen) atoms. The highest BCUT2D eigenvalue weighted by Crippen LogP contribution is 2.44. The summed E-state index contributed by atoms with van der Waals surface area (Å²) in [5.41, 5.74) is -0.672. The molecule has 1 saturated heterocycles. The van der Waals surface area contributed by atoms with E-state index < -0.39 is 11.4 Å². The summed E-state index contributed by atoms with van der Waals surface area (Å²) >= 11 is 1.66. The van der Waals surface area contributed by atoms with E-state index >= 15 is 0 Å². The molecule has 0 spiro atoms. The monoisotopic (exact) mass is 285 g/mol. The van der Waals surface area contributed by atoms with Crippen LogP contribution in [0.4, 0.5) is 0 Å². The molecule has 0 aromatic rings. The third kappa shape index (κ3) is 3.65. The average molecular weight is 285 g/mol. The van der Waals surface area contributed by atoms with Gasteiger partial charge in [0.1, 0.15) is 0 Å². The Kier molecular flexibility index (Phi) is 4.76. The van der Waals surface area contributed by atoms with Gasteiger partial charge in [-0.25, -0.2) is 0 Å². The Balaban J connectivity index is 2.00. The minimum Gasteiger partial charge on any atom is -0.481 e. The topological polar surface area (TPSA) is 57.6 Å². The van der Waals surface area contributed by atoms with E-state index in [0.29, 0.717) is 18.9 Å². The highest BCUT2D eigenvalue weighted by Gasteiger charge is 2.46. The van der Waals surface area contributed by atoms with Crippen molar-refractivity contribution in [3.63, 3.8) is 0 Å². The summed E-state index contributed by atoms with van der Waals surface area (Å²) in [4.78, 5) is 25.6. The molecule has 0 aromatic heterocycles. The van der Waals surface area contributed by atoms with Gasteiger partial charge in [0, 0.05) is 25.3 Å². The molecule has 0 bridgehead atoms. The van der Waals surface area contributed by atoms with Gasteiger partial charge < -0.3 is 10.0 Å². The Hall–Kier alpha value is -0.710. The minimum atomic E-state index is -0.707. The van der Waals surface area contributed by atoms with Crippen LogP contribution in [0.1, 0.15) is 38.5 Å². The van der Waals surface area contributed by atoms with Crippen molar-refractivity contribution >= 4 is 23.6 Å². The zero-order valence-corrected chi connectivity index (χ0v) is 12.4. The Labute approximate surface area is 118 Å². The molecule has 2 fully saturated rings. The molecule has 0 radical (unpaired) electrons. The van der Waals surface area contributed by atoms with Gasteiger partial charge >= 0.3 is 5.97 Å². The average Bonchev–Trinajstić information content (AvgIpc) is 3.19. The Morgan fingerprint density at radius 2 is 2.16 bits per heavy atom. The van der Waals surface area contributed by atoms with E-state index in [0.717, 1.165) is 44.4 Å². The largest absolute Gasteiger partial charge is 0.481 e. The lowest BCUT2D eigenvalue weighted by atomic mass is 9.75. The van der Waals surface area contributed by atoms with E-state index in [9.17, 15) is 14.7 Å². The van der Waals surface area contributed by atoms with Gasteiger partial charge in [-0.2, -0.15) is 11.8 Å². The SMILES string of the molecule is CSCCC(=O)N1CCC[C@](CC2CC2)(C(=O)O)C1. The maximum atomic E-state index is 12.1. The quantitative estimate of drug-likeness (QED) is 0.813. The molecule has 1 saturated carbocycles. The lowest BCUT2D eigenvalue weighted by Crippen LogP contribution is -2.50. The van der Waals surface area contributed by atoms with Crippen LogP contribution < -0.4 is 0 Å². The van der Waals surface area contributed by atoms with E-state index in [-0.39, 0.29) is 5.91 Å². The van der Waals surface area contributed by atoms with Crippen LogP contribution in [0.3, 0.4) is 0 Å². The maximum Gasteiger partial charge on any atom is 0.311 e. The summed E-state index contributed by atoms with van der Waals surface area (Å²) < 4.78 is 0. The number of amides is 1. The summed E-state index contributed by atoms with van der Waals surface area (Å²) in [6.07, 6.45) is 7.15. The molecule has 1 aliphatic carbocycles. The van der Waals surface area contributed by atoms with Gasteiger partial charge in [0.05, 0.1) is 5.41 Å². The number of thioether (sulfide) groups is 1. The van der Waals surface area contributed by atoms with Crippen LogP contribution in [0, 0.1) is 11.3 Å². The number of piperidine rings is 1. The first-order valence-corrected chi connectivity index (χ1v) is 8.47. The molecule has 0 unspecified atom stereocenters. The van der Waals surface area contributed by atoms with Crippen molar-refractivity contribution in [1.29, 1.82) is 0 Å². The predicted molar refractivity (Wildman–Crippen MR) is 76.2 cm³/mol. The molecule has 1 N–H and O–H groups in total. The van der Waals surface area contributed by atoms with Crippen molar-refractivity contribution in [2.24, 2.45) is 11.3 Å². The lowest BCUT2D eigenvalue weighted by molar-refractivity contribution is -0.155. The number of carboxylic acid groups (broad SMARTS) is 1. The summed E-state index contributed by atoms with van der Waals surface area (Å²) in [5, 5.41) is 9.60. The summed E-state index contributed by atoms with van der Waals surface area (Å²) in [6, 6.07) is 0. The number of nitrogens with zero attached hydrogens (tertiary/aromatic N) is 1. The number of hydrogen-bond donors (Lipinski definition) is 1. The first-order chi connectivity index (χ1) is 9.07. The lowest BCUT2D eigenvalue weighted by Gasteiger charge is -2.40. The van der Waals surface area contributed by atoms with Crippen molar-refractivity contribution < 1.29 is 14.7 Å². The van der Waals surface area contributed by atoms with Crippen LogP contribution in [-0.4, -0.2) is 47.0 Å². The van der Waals surface area contributed by atoms with Crippen LogP contribution in [0.5, 0.6) is 0 Å². The van der Waals surface area contributed by atoms with Crippen LogP contribution in [0.15, 0.2) is 0 Å². The Bertz CT molecular complexity index is 357. The maximum absolute atomic E-state index is 12.1. The fourth-order valence-corrected chi connectivity index (χ4v) is 3.37. The van der Waals surface area contributed by atoms with Crippen molar-refractivity contribution in [1.82, 2.24) is 4.90 Å². The molecule has 2 aliphatic rings. The first-order valence-electron chi connectivity index (χ1n) is 7.07.